The molecule has 0 bridgehead atoms. The van der Waals surface area contributed by atoms with Crippen LogP contribution in [0.3, 0.4) is 0 Å². The summed E-state index contributed by atoms with van der Waals surface area (Å²) < 4.78 is 7.94. The molecule has 1 aromatic heterocycles. The molecule has 1 saturated heterocycles. The van der Waals surface area contributed by atoms with Gasteiger partial charge in [-0.2, -0.15) is 16.9 Å². The van der Waals surface area contributed by atoms with Crippen LogP contribution in [0.1, 0.15) is 31.6 Å². The Morgan fingerprint density at radius 1 is 1.59 bits per heavy atom. The molecule has 0 aliphatic carbocycles. The van der Waals surface area contributed by atoms with Gasteiger partial charge in [-0.05, 0) is 27.0 Å². The molecule has 17 heavy (non-hydrogen) atoms. The van der Waals surface area contributed by atoms with Crippen LogP contribution >= 0.6 is 11.8 Å². The second kappa shape index (κ2) is 5.89. The quantitative estimate of drug-likeness (QED) is 0.891. The van der Waals surface area contributed by atoms with E-state index in [-0.39, 0.29) is 12.1 Å². The molecule has 1 aromatic rings. The van der Waals surface area contributed by atoms with Crippen molar-refractivity contribution in [2.45, 2.75) is 32.0 Å². The smallest absolute Gasteiger partial charge is 0.0875 e. The Kier molecular flexibility index (Phi) is 4.48. The number of hydrogen-bond donors (Lipinski definition) is 1. The van der Waals surface area contributed by atoms with Gasteiger partial charge in [0.2, 0.25) is 0 Å². The van der Waals surface area contributed by atoms with E-state index in [1.165, 1.54) is 5.69 Å². The summed E-state index contributed by atoms with van der Waals surface area (Å²) in [7, 11) is 1.99. The van der Waals surface area contributed by atoms with E-state index in [0.29, 0.717) is 6.04 Å². The largest absolute Gasteiger partial charge is 0.374 e. The molecule has 1 aliphatic rings. The van der Waals surface area contributed by atoms with Gasteiger partial charge in [0.25, 0.3) is 0 Å². The standard InChI is InChI=1S/C12H21N3OS/c1-9(2)15-10(4-5-14-15)12(13-3)11-8-17-7-6-16-11/h4-5,9,11-13H,6-8H2,1-3H3. The highest BCUT2D eigenvalue weighted by Crippen LogP contribution is 2.26. The fourth-order valence-corrected chi connectivity index (χ4v) is 3.13. The molecule has 96 valence electrons. The first-order valence-corrected chi connectivity index (χ1v) is 7.29. The molecule has 0 amide bonds. The molecule has 0 aromatic carbocycles. The van der Waals surface area contributed by atoms with Crippen LogP contribution in [0.2, 0.25) is 0 Å². The number of likely N-dealkylation sites (N-methyl/N-ethyl adjacent to an activating group) is 1. The van der Waals surface area contributed by atoms with Gasteiger partial charge in [0, 0.05) is 23.7 Å². The van der Waals surface area contributed by atoms with Gasteiger partial charge in [-0.25, -0.2) is 0 Å². The third-order valence-electron chi connectivity index (χ3n) is 3.03. The predicted octanol–water partition coefficient (Wildman–Crippen LogP) is 1.86. The maximum Gasteiger partial charge on any atom is 0.0875 e. The highest BCUT2D eigenvalue weighted by atomic mass is 32.2. The maximum absolute atomic E-state index is 5.87. The minimum absolute atomic E-state index is 0.229. The minimum atomic E-state index is 0.229. The number of hydrogen-bond acceptors (Lipinski definition) is 4. The van der Waals surface area contributed by atoms with Gasteiger partial charge in [0.1, 0.15) is 0 Å². The molecule has 1 aliphatic heterocycles. The van der Waals surface area contributed by atoms with Gasteiger partial charge < -0.3 is 10.1 Å². The first-order chi connectivity index (χ1) is 8.24. The van der Waals surface area contributed by atoms with Gasteiger partial charge in [0.05, 0.1) is 24.4 Å². The fourth-order valence-electron chi connectivity index (χ4n) is 2.22. The van der Waals surface area contributed by atoms with Crippen LogP contribution in [0.4, 0.5) is 0 Å². The number of nitrogens with one attached hydrogen (secondary N) is 1. The van der Waals surface area contributed by atoms with Gasteiger partial charge in [-0.3, -0.25) is 4.68 Å². The first kappa shape index (κ1) is 12.9. The Hall–Kier alpha value is -0.520. The van der Waals surface area contributed by atoms with Crippen molar-refractivity contribution in [3.63, 3.8) is 0 Å². The number of nitrogens with zero attached hydrogens (tertiary/aromatic N) is 2. The second-order valence-electron chi connectivity index (χ2n) is 4.54. The summed E-state index contributed by atoms with van der Waals surface area (Å²) in [5, 5.41) is 7.76. The number of ether oxygens (including phenoxy) is 1. The molecule has 5 heteroatoms. The Bertz CT molecular complexity index is 347. The van der Waals surface area contributed by atoms with Crippen LogP contribution in [-0.4, -0.2) is 41.0 Å². The summed E-state index contributed by atoms with van der Waals surface area (Å²) in [6.07, 6.45) is 2.11. The summed E-state index contributed by atoms with van der Waals surface area (Å²) in [5.41, 5.74) is 1.22. The van der Waals surface area contributed by atoms with Crippen LogP contribution < -0.4 is 5.32 Å². The zero-order chi connectivity index (χ0) is 12.3. The minimum Gasteiger partial charge on any atom is -0.374 e. The molecule has 4 nitrogen and oxygen atoms in total. The Morgan fingerprint density at radius 3 is 3.00 bits per heavy atom. The molecular weight excluding hydrogens is 234 g/mol. The Morgan fingerprint density at radius 2 is 2.41 bits per heavy atom. The van der Waals surface area contributed by atoms with Gasteiger partial charge in [0.15, 0.2) is 0 Å². The lowest BCUT2D eigenvalue weighted by Gasteiger charge is -2.30. The average Bonchev–Trinajstić information content (AvgIpc) is 2.81. The van der Waals surface area contributed by atoms with E-state index in [1.54, 1.807) is 0 Å². The molecule has 0 saturated carbocycles. The first-order valence-electron chi connectivity index (χ1n) is 6.14. The highest BCUT2D eigenvalue weighted by Gasteiger charge is 2.27. The maximum atomic E-state index is 5.87. The van der Waals surface area contributed by atoms with E-state index in [9.17, 15) is 0 Å². The fraction of sp³-hybridized carbons (Fsp3) is 0.750. The normalized spacial score (nSPS) is 22.9. The van der Waals surface area contributed by atoms with Crippen LogP contribution in [0.25, 0.3) is 0 Å². The van der Waals surface area contributed by atoms with E-state index >= 15 is 0 Å². The summed E-state index contributed by atoms with van der Waals surface area (Å²) in [4.78, 5) is 0. The van der Waals surface area contributed by atoms with E-state index in [4.69, 9.17) is 4.74 Å². The van der Waals surface area contributed by atoms with Crippen molar-refractivity contribution < 1.29 is 4.74 Å². The molecule has 2 heterocycles. The summed E-state index contributed by atoms with van der Waals surface area (Å²) in [5.74, 6) is 2.16. The molecule has 0 radical (unpaired) electrons. The zero-order valence-electron chi connectivity index (χ0n) is 10.7. The van der Waals surface area contributed by atoms with E-state index in [2.05, 4.69) is 35.0 Å². The van der Waals surface area contributed by atoms with Gasteiger partial charge in [-0.15, -0.1) is 0 Å². The van der Waals surface area contributed by atoms with E-state index in [1.807, 2.05) is 25.0 Å². The Balaban J connectivity index is 2.18. The van der Waals surface area contributed by atoms with Gasteiger partial charge in [-0.1, -0.05) is 0 Å². The molecular formula is C12H21N3OS. The van der Waals surface area contributed by atoms with E-state index < -0.39 is 0 Å². The zero-order valence-corrected chi connectivity index (χ0v) is 11.5. The topological polar surface area (TPSA) is 39.1 Å². The molecule has 1 N–H and O–H groups in total. The Labute approximate surface area is 107 Å². The van der Waals surface area contributed by atoms with Crippen molar-refractivity contribution in [3.05, 3.63) is 18.0 Å². The van der Waals surface area contributed by atoms with Crippen LogP contribution in [0, 0.1) is 0 Å². The number of rotatable bonds is 4. The van der Waals surface area contributed by atoms with Crippen molar-refractivity contribution in [2.75, 3.05) is 25.2 Å². The SMILES string of the molecule is CNC(c1ccnn1C(C)C)C1CSCCO1. The van der Waals surface area contributed by atoms with Crippen molar-refractivity contribution in [1.29, 1.82) is 0 Å². The lowest BCUT2D eigenvalue weighted by molar-refractivity contribution is 0.0462. The highest BCUT2D eigenvalue weighted by molar-refractivity contribution is 7.99. The van der Waals surface area contributed by atoms with Crippen LogP contribution in [0.15, 0.2) is 12.3 Å². The molecule has 1 fully saturated rings. The van der Waals surface area contributed by atoms with Gasteiger partial charge >= 0.3 is 0 Å². The monoisotopic (exact) mass is 255 g/mol. The predicted molar refractivity (Wildman–Crippen MR) is 71.5 cm³/mol. The number of aromatic nitrogens is 2. The van der Waals surface area contributed by atoms with Crippen molar-refractivity contribution in [2.24, 2.45) is 0 Å². The third kappa shape index (κ3) is 2.84. The van der Waals surface area contributed by atoms with Crippen molar-refractivity contribution in [1.82, 2.24) is 15.1 Å². The summed E-state index contributed by atoms with van der Waals surface area (Å²) in [6, 6.07) is 2.70. The lowest BCUT2D eigenvalue weighted by atomic mass is 10.1. The summed E-state index contributed by atoms with van der Waals surface area (Å²) >= 11 is 1.96. The number of thioether (sulfide) groups is 1. The second-order valence-corrected chi connectivity index (χ2v) is 5.69. The molecule has 2 unspecified atom stereocenters. The van der Waals surface area contributed by atoms with Crippen molar-refractivity contribution in [3.8, 4) is 0 Å². The van der Waals surface area contributed by atoms with E-state index in [0.717, 1.165) is 18.1 Å². The molecule has 0 spiro atoms. The third-order valence-corrected chi connectivity index (χ3v) is 4.05. The summed E-state index contributed by atoms with van der Waals surface area (Å²) in [6.45, 7) is 5.16. The van der Waals surface area contributed by atoms with Crippen LogP contribution in [0.5, 0.6) is 0 Å². The average molecular weight is 255 g/mol. The molecule has 2 atom stereocenters. The van der Waals surface area contributed by atoms with Crippen molar-refractivity contribution >= 4 is 11.8 Å². The van der Waals surface area contributed by atoms with Crippen LogP contribution in [-0.2, 0) is 4.74 Å². The molecule has 2 rings (SSSR count). The lowest BCUT2D eigenvalue weighted by Crippen LogP contribution is -2.38.